The maximum absolute atomic E-state index is 12.3. The fraction of sp³-hybridized carbons (Fsp3) is 0.500. The van der Waals surface area contributed by atoms with Crippen molar-refractivity contribution in [2.24, 2.45) is 0 Å². The van der Waals surface area contributed by atoms with Gasteiger partial charge in [0.05, 0.1) is 43.2 Å². The maximum atomic E-state index is 12.3. The van der Waals surface area contributed by atoms with Crippen LogP contribution in [0.15, 0.2) is 31.0 Å². The number of benzene rings is 1. The topological polar surface area (TPSA) is 129 Å². The maximum Gasteiger partial charge on any atom is 0.247 e. The van der Waals surface area contributed by atoms with Crippen LogP contribution in [0.1, 0.15) is 19.3 Å². The molecule has 2 N–H and O–H groups in total. The van der Waals surface area contributed by atoms with Gasteiger partial charge in [-0.15, -0.1) is 0 Å². The molecule has 0 bridgehead atoms. The Balaban J connectivity index is 1.58. The summed E-state index contributed by atoms with van der Waals surface area (Å²) in [6.07, 6.45) is 5.92. The smallest absolute Gasteiger partial charge is 0.247 e. The van der Waals surface area contributed by atoms with Crippen LogP contribution in [-0.2, 0) is 14.8 Å². The SMILES string of the molecule is C=CC(=O)Nc1cc(Nc2ncc(Cl)c(O[C@H]3CCN(S(C)(=O)=O)C3)n2)c(OC)cc1N1CCC(N(C)C)CC1. The summed E-state index contributed by atoms with van der Waals surface area (Å²) in [5.74, 6) is 0.524. The fourth-order valence-corrected chi connectivity index (χ4v) is 5.88. The second-order valence-electron chi connectivity index (χ2n) is 10.1. The highest BCUT2D eigenvalue weighted by atomic mass is 35.5. The first-order valence-electron chi connectivity index (χ1n) is 13.0. The summed E-state index contributed by atoms with van der Waals surface area (Å²) in [5, 5.41) is 6.25. The van der Waals surface area contributed by atoms with Crippen molar-refractivity contribution in [3.8, 4) is 11.6 Å². The van der Waals surface area contributed by atoms with E-state index in [1.165, 1.54) is 22.8 Å². The van der Waals surface area contributed by atoms with Gasteiger partial charge in [-0.05, 0) is 45.5 Å². The summed E-state index contributed by atoms with van der Waals surface area (Å²) >= 11 is 6.30. The van der Waals surface area contributed by atoms with Gasteiger partial charge in [-0.3, -0.25) is 4.79 Å². The number of hydrogen-bond donors (Lipinski definition) is 2. The minimum absolute atomic E-state index is 0.138. The molecule has 1 amide bonds. The lowest BCUT2D eigenvalue weighted by Crippen LogP contribution is -2.42. The Bertz CT molecular complexity index is 1350. The molecular weight excluding hydrogens is 558 g/mol. The zero-order valence-electron chi connectivity index (χ0n) is 23.2. The van der Waals surface area contributed by atoms with Crippen molar-refractivity contribution in [3.63, 3.8) is 0 Å². The monoisotopic (exact) mass is 593 g/mol. The van der Waals surface area contributed by atoms with Crippen LogP contribution in [0.25, 0.3) is 0 Å². The van der Waals surface area contributed by atoms with E-state index in [1.54, 1.807) is 13.2 Å². The summed E-state index contributed by atoms with van der Waals surface area (Å²) in [4.78, 5) is 25.5. The predicted octanol–water partition coefficient (Wildman–Crippen LogP) is 2.95. The lowest BCUT2D eigenvalue weighted by molar-refractivity contribution is -0.111. The van der Waals surface area contributed by atoms with Gasteiger partial charge in [0.2, 0.25) is 27.8 Å². The molecule has 2 aromatic rings. The average Bonchev–Trinajstić information content (AvgIpc) is 3.40. The molecule has 1 aromatic carbocycles. The van der Waals surface area contributed by atoms with Crippen LogP contribution in [0.3, 0.4) is 0 Å². The first-order valence-corrected chi connectivity index (χ1v) is 15.2. The molecule has 2 fully saturated rings. The lowest BCUT2D eigenvalue weighted by Gasteiger charge is -2.37. The molecule has 218 valence electrons. The molecule has 40 heavy (non-hydrogen) atoms. The molecule has 4 rings (SSSR count). The molecule has 1 aromatic heterocycles. The minimum Gasteiger partial charge on any atom is -0.494 e. The number of nitrogens with one attached hydrogen (secondary N) is 2. The number of anilines is 4. The van der Waals surface area contributed by atoms with E-state index < -0.39 is 10.0 Å². The number of sulfonamides is 1. The van der Waals surface area contributed by atoms with Gasteiger partial charge in [0.25, 0.3) is 0 Å². The van der Waals surface area contributed by atoms with E-state index in [1.807, 2.05) is 6.07 Å². The molecule has 0 radical (unpaired) electrons. The fourth-order valence-electron chi connectivity index (χ4n) is 4.87. The van der Waals surface area contributed by atoms with E-state index in [4.69, 9.17) is 21.1 Å². The standard InChI is InChI=1S/C26H36ClN7O5S/c1-6-24(35)29-20-13-21(23(38-4)14-22(20)33-10-7-17(8-11-33)32(2)3)30-26-28-15-19(27)25(31-26)39-18-9-12-34(16-18)40(5,36)37/h6,13-15,17-18H,1,7-12,16H2,2-5H3,(H,29,35)(H,28,30,31)/t18-/m0/s1. The van der Waals surface area contributed by atoms with E-state index in [9.17, 15) is 13.2 Å². The van der Waals surface area contributed by atoms with E-state index in [2.05, 4.69) is 51.1 Å². The number of aromatic nitrogens is 2. The molecule has 2 aliphatic heterocycles. The van der Waals surface area contributed by atoms with Gasteiger partial charge in [0.1, 0.15) is 16.9 Å². The Morgan fingerprint density at radius 1 is 1.20 bits per heavy atom. The zero-order valence-corrected chi connectivity index (χ0v) is 24.8. The third-order valence-corrected chi connectivity index (χ3v) is 8.64. The van der Waals surface area contributed by atoms with Crippen LogP contribution >= 0.6 is 11.6 Å². The van der Waals surface area contributed by atoms with Crippen molar-refractivity contribution >= 4 is 50.5 Å². The van der Waals surface area contributed by atoms with E-state index in [0.29, 0.717) is 36.1 Å². The van der Waals surface area contributed by atoms with Gasteiger partial charge < -0.3 is 29.9 Å². The van der Waals surface area contributed by atoms with Crippen molar-refractivity contribution in [3.05, 3.63) is 36.0 Å². The molecule has 0 saturated carbocycles. The van der Waals surface area contributed by atoms with Crippen LogP contribution < -0.4 is 25.0 Å². The van der Waals surface area contributed by atoms with Crippen LogP contribution in [0, 0.1) is 0 Å². The van der Waals surface area contributed by atoms with Crippen LogP contribution in [-0.4, -0.2) is 99.3 Å². The van der Waals surface area contributed by atoms with Crippen molar-refractivity contribution < 1.29 is 22.7 Å². The molecule has 0 spiro atoms. The van der Waals surface area contributed by atoms with Crippen molar-refractivity contribution in [2.75, 3.05) is 69.2 Å². The van der Waals surface area contributed by atoms with E-state index in [0.717, 1.165) is 31.6 Å². The minimum atomic E-state index is -3.31. The Morgan fingerprint density at radius 2 is 1.93 bits per heavy atom. The van der Waals surface area contributed by atoms with Gasteiger partial charge >= 0.3 is 0 Å². The predicted molar refractivity (Wildman–Crippen MR) is 157 cm³/mol. The van der Waals surface area contributed by atoms with Crippen LogP contribution in [0.4, 0.5) is 23.0 Å². The zero-order chi connectivity index (χ0) is 29.0. The number of ether oxygens (including phenoxy) is 2. The van der Waals surface area contributed by atoms with Crippen molar-refractivity contribution in [2.45, 2.75) is 31.4 Å². The van der Waals surface area contributed by atoms with Gasteiger partial charge in [0, 0.05) is 31.7 Å². The van der Waals surface area contributed by atoms with Gasteiger partial charge in [-0.1, -0.05) is 18.2 Å². The number of carbonyl (C=O) groups is 1. The highest BCUT2D eigenvalue weighted by Crippen LogP contribution is 2.39. The summed E-state index contributed by atoms with van der Waals surface area (Å²) in [6.45, 7) is 5.82. The third kappa shape index (κ3) is 7.14. The van der Waals surface area contributed by atoms with Gasteiger partial charge in [-0.25, -0.2) is 13.4 Å². The number of hydrogen-bond acceptors (Lipinski definition) is 10. The Hall–Kier alpha value is -3.13. The summed E-state index contributed by atoms with van der Waals surface area (Å²) in [7, 11) is 2.44. The number of halogens is 1. The molecule has 14 heteroatoms. The van der Waals surface area contributed by atoms with Gasteiger partial charge in [-0.2, -0.15) is 9.29 Å². The van der Waals surface area contributed by atoms with Crippen LogP contribution in [0.2, 0.25) is 5.02 Å². The quantitative estimate of drug-likeness (QED) is 0.397. The number of carbonyl (C=O) groups excluding carboxylic acids is 1. The first-order chi connectivity index (χ1) is 19.0. The normalized spacial score (nSPS) is 18.6. The Kier molecular flexibility index (Phi) is 9.39. The van der Waals surface area contributed by atoms with Crippen LogP contribution in [0.5, 0.6) is 11.6 Å². The average molecular weight is 594 g/mol. The van der Waals surface area contributed by atoms with Gasteiger partial charge in [0.15, 0.2) is 0 Å². The van der Waals surface area contributed by atoms with E-state index in [-0.39, 0.29) is 35.4 Å². The Morgan fingerprint density at radius 3 is 2.52 bits per heavy atom. The Labute approximate surface area is 240 Å². The van der Waals surface area contributed by atoms with Crippen molar-refractivity contribution in [1.29, 1.82) is 0 Å². The van der Waals surface area contributed by atoms with E-state index >= 15 is 0 Å². The number of rotatable bonds is 10. The number of nitrogens with zero attached hydrogens (tertiary/aromatic N) is 5. The third-order valence-electron chi connectivity index (χ3n) is 7.11. The lowest BCUT2D eigenvalue weighted by atomic mass is 10.0. The molecule has 2 aliphatic rings. The highest BCUT2D eigenvalue weighted by Gasteiger charge is 2.31. The summed E-state index contributed by atoms with van der Waals surface area (Å²) in [6, 6.07) is 4.15. The highest BCUT2D eigenvalue weighted by molar-refractivity contribution is 7.88. The molecule has 0 unspecified atom stereocenters. The first kappa shape index (κ1) is 29.8. The second-order valence-corrected chi connectivity index (χ2v) is 12.5. The summed E-state index contributed by atoms with van der Waals surface area (Å²) in [5.41, 5.74) is 1.95. The molecule has 12 nitrogen and oxygen atoms in total. The summed E-state index contributed by atoms with van der Waals surface area (Å²) < 4.78 is 36.7. The molecule has 2 saturated heterocycles. The largest absolute Gasteiger partial charge is 0.494 e. The van der Waals surface area contributed by atoms with Crippen molar-refractivity contribution in [1.82, 2.24) is 19.2 Å². The molecular formula is C26H36ClN7O5S. The molecule has 0 aliphatic carbocycles. The second kappa shape index (κ2) is 12.6. The molecule has 3 heterocycles. The molecule has 1 atom stereocenters. The number of piperidine rings is 1. The number of amides is 1. The number of methoxy groups -OCH3 is 1.